The zero-order valence-corrected chi connectivity index (χ0v) is 12.2. The van der Waals surface area contributed by atoms with Crippen molar-refractivity contribution in [1.82, 2.24) is 0 Å². The molecule has 3 nitrogen and oxygen atoms in total. The monoisotopic (exact) mass is 261 g/mol. The van der Waals surface area contributed by atoms with Crippen LogP contribution in [0.15, 0.2) is 0 Å². The van der Waals surface area contributed by atoms with E-state index in [-0.39, 0.29) is 12.1 Å². The Bertz CT molecular complexity index is 200. The van der Waals surface area contributed by atoms with E-state index >= 15 is 0 Å². The number of thioether (sulfide) groups is 1. The van der Waals surface area contributed by atoms with Crippen molar-refractivity contribution in [1.29, 1.82) is 0 Å². The fourth-order valence-electron chi connectivity index (χ4n) is 1.57. The van der Waals surface area contributed by atoms with E-state index in [0.29, 0.717) is 6.42 Å². The average Bonchev–Trinajstić information content (AvgIpc) is 2.31. The van der Waals surface area contributed by atoms with E-state index in [1.165, 1.54) is 19.3 Å². The van der Waals surface area contributed by atoms with E-state index in [2.05, 4.69) is 6.92 Å². The van der Waals surface area contributed by atoms with Gasteiger partial charge in [-0.3, -0.25) is 4.79 Å². The van der Waals surface area contributed by atoms with Crippen LogP contribution in [0.4, 0.5) is 0 Å². The summed E-state index contributed by atoms with van der Waals surface area (Å²) in [7, 11) is 0. The van der Waals surface area contributed by atoms with Crippen molar-refractivity contribution in [2.24, 2.45) is 5.73 Å². The molecule has 0 fully saturated rings. The third-order valence-electron chi connectivity index (χ3n) is 2.72. The van der Waals surface area contributed by atoms with E-state index in [9.17, 15) is 4.79 Å². The molecule has 2 atom stereocenters. The van der Waals surface area contributed by atoms with Crippen LogP contribution in [0.3, 0.4) is 0 Å². The molecule has 0 heterocycles. The van der Waals surface area contributed by atoms with Crippen molar-refractivity contribution in [2.45, 2.75) is 64.5 Å². The normalized spacial score (nSPS) is 14.4. The highest BCUT2D eigenvalue weighted by atomic mass is 32.2. The highest BCUT2D eigenvalue weighted by molar-refractivity contribution is 7.98. The van der Waals surface area contributed by atoms with E-state index in [0.717, 1.165) is 18.6 Å². The Balaban J connectivity index is 3.63. The standard InChI is InChI=1S/C13H27NO2S/c1-4-5-6-7-8-11(2)16-13(15)12(14)9-10-17-3/h11-12H,4-10,14H2,1-3H3. The van der Waals surface area contributed by atoms with E-state index < -0.39 is 6.04 Å². The lowest BCUT2D eigenvalue weighted by atomic mass is 10.1. The number of hydrogen-bond acceptors (Lipinski definition) is 4. The lowest BCUT2D eigenvalue weighted by Gasteiger charge is -2.16. The third kappa shape index (κ3) is 9.48. The van der Waals surface area contributed by atoms with Gasteiger partial charge in [0.25, 0.3) is 0 Å². The molecule has 0 aliphatic heterocycles. The number of rotatable bonds is 10. The van der Waals surface area contributed by atoms with Crippen LogP contribution < -0.4 is 5.73 Å². The number of nitrogens with two attached hydrogens (primary N) is 1. The van der Waals surface area contributed by atoms with Crippen molar-refractivity contribution < 1.29 is 9.53 Å². The molecule has 0 amide bonds. The van der Waals surface area contributed by atoms with E-state index in [4.69, 9.17) is 10.5 Å². The number of unbranched alkanes of at least 4 members (excludes halogenated alkanes) is 3. The van der Waals surface area contributed by atoms with Crippen LogP contribution in [0.5, 0.6) is 0 Å². The molecule has 4 heteroatoms. The topological polar surface area (TPSA) is 52.3 Å². The van der Waals surface area contributed by atoms with E-state index in [1.807, 2.05) is 13.2 Å². The summed E-state index contributed by atoms with van der Waals surface area (Å²) in [6, 6.07) is -0.458. The number of ether oxygens (including phenoxy) is 1. The summed E-state index contributed by atoms with van der Waals surface area (Å²) in [6.07, 6.45) is 8.48. The Morgan fingerprint density at radius 3 is 2.59 bits per heavy atom. The zero-order chi connectivity index (χ0) is 13.1. The number of esters is 1. The summed E-state index contributed by atoms with van der Waals surface area (Å²) >= 11 is 1.70. The van der Waals surface area contributed by atoms with Crippen LogP contribution in [-0.2, 0) is 9.53 Å². The minimum absolute atomic E-state index is 0.000291. The highest BCUT2D eigenvalue weighted by Gasteiger charge is 2.17. The van der Waals surface area contributed by atoms with Crippen LogP contribution >= 0.6 is 11.8 Å². The largest absolute Gasteiger partial charge is 0.462 e. The minimum Gasteiger partial charge on any atom is -0.462 e. The van der Waals surface area contributed by atoms with Gasteiger partial charge in [0.1, 0.15) is 6.04 Å². The molecule has 0 spiro atoms. The quantitative estimate of drug-likeness (QED) is 0.485. The van der Waals surface area contributed by atoms with Crippen LogP contribution in [0, 0.1) is 0 Å². The first kappa shape index (κ1) is 16.8. The molecule has 0 rings (SSSR count). The average molecular weight is 261 g/mol. The third-order valence-corrected chi connectivity index (χ3v) is 3.36. The molecule has 17 heavy (non-hydrogen) atoms. The molecule has 2 N–H and O–H groups in total. The van der Waals surface area contributed by atoms with Crippen molar-refractivity contribution in [3.63, 3.8) is 0 Å². The number of carbonyl (C=O) groups excluding carboxylic acids is 1. The second kappa shape index (κ2) is 10.9. The van der Waals surface area contributed by atoms with Gasteiger partial charge >= 0.3 is 5.97 Å². The highest BCUT2D eigenvalue weighted by Crippen LogP contribution is 2.09. The Morgan fingerprint density at radius 1 is 1.29 bits per heavy atom. The summed E-state index contributed by atoms with van der Waals surface area (Å²) in [4.78, 5) is 11.6. The van der Waals surface area contributed by atoms with Crippen molar-refractivity contribution in [3.05, 3.63) is 0 Å². The van der Waals surface area contributed by atoms with Gasteiger partial charge in [0.2, 0.25) is 0 Å². The van der Waals surface area contributed by atoms with Gasteiger partial charge in [-0.2, -0.15) is 11.8 Å². The molecule has 0 saturated heterocycles. The Morgan fingerprint density at radius 2 is 2.00 bits per heavy atom. The summed E-state index contributed by atoms with van der Waals surface area (Å²) in [5.41, 5.74) is 5.74. The minimum atomic E-state index is -0.458. The first-order chi connectivity index (χ1) is 8.11. The molecule has 0 saturated carbocycles. The molecule has 0 aromatic heterocycles. The lowest BCUT2D eigenvalue weighted by molar-refractivity contribution is -0.150. The Labute approximate surface area is 110 Å². The van der Waals surface area contributed by atoms with Gasteiger partial charge in [-0.25, -0.2) is 0 Å². The van der Waals surface area contributed by atoms with Gasteiger partial charge < -0.3 is 10.5 Å². The fraction of sp³-hybridized carbons (Fsp3) is 0.923. The van der Waals surface area contributed by atoms with Gasteiger partial charge in [0.15, 0.2) is 0 Å². The maximum absolute atomic E-state index is 11.6. The second-order valence-electron chi connectivity index (χ2n) is 4.48. The van der Waals surface area contributed by atoms with Crippen LogP contribution in [0.1, 0.15) is 52.4 Å². The molecule has 0 aliphatic rings. The van der Waals surface area contributed by atoms with Crippen molar-refractivity contribution in [2.75, 3.05) is 12.0 Å². The number of carbonyl (C=O) groups is 1. The van der Waals surface area contributed by atoms with Gasteiger partial charge in [0.05, 0.1) is 6.10 Å². The summed E-state index contributed by atoms with van der Waals surface area (Å²) < 4.78 is 5.32. The molecule has 0 aromatic carbocycles. The van der Waals surface area contributed by atoms with Gasteiger partial charge in [-0.15, -0.1) is 0 Å². The van der Waals surface area contributed by atoms with Crippen LogP contribution in [0.25, 0.3) is 0 Å². The maximum atomic E-state index is 11.6. The fourth-order valence-corrected chi connectivity index (χ4v) is 2.06. The van der Waals surface area contributed by atoms with Crippen molar-refractivity contribution in [3.8, 4) is 0 Å². The maximum Gasteiger partial charge on any atom is 0.323 e. The van der Waals surface area contributed by atoms with Gasteiger partial charge in [0, 0.05) is 0 Å². The SMILES string of the molecule is CCCCCCC(C)OC(=O)C(N)CCSC. The van der Waals surface area contributed by atoms with Crippen molar-refractivity contribution >= 4 is 17.7 Å². The first-order valence-electron chi connectivity index (χ1n) is 6.56. The predicted molar refractivity (Wildman–Crippen MR) is 75.3 cm³/mol. The molecule has 0 aliphatic carbocycles. The lowest BCUT2D eigenvalue weighted by Crippen LogP contribution is -2.34. The Kier molecular flexibility index (Phi) is 10.8. The summed E-state index contributed by atoms with van der Waals surface area (Å²) in [6.45, 7) is 4.14. The molecule has 2 unspecified atom stereocenters. The summed E-state index contributed by atoms with van der Waals surface area (Å²) in [5, 5.41) is 0. The second-order valence-corrected chi connectivity index (χ2v) is 5.47. The molecule has 0 aromatic rings. The molecule has 102 valence electrons. The van der Waals surface area contributed by atoms with Crippen LogP contribution in [-0.4, -0.2) is 30.1 Å². The molecule has 0 radical (unpaired) electrons. The smallest absolute Gasteiger partial charge is 0.323 e. The molecular formula is C13H27NO2S. The zero-order valence-electron chi connectivity index (χ0n) is 11.4. The van der Waals surface area contributed by atoms with Gasteiger partial charge in [-0.1, -0.05) is 26.2 Å². The first-order valence-corrected chi connectivity index (χ1v) is 7.96. The molecule has 0 bridgehead atoms. The molecular weight excluding hydrogens is 234 g/mol. The van der Waals surface area contributed by atoms with Crippen LogP contribution in [0.2, 0.25) is 0 Å². The summed E-state index contributed by atoms with van der Waals surface area (Å²) in [5.74, 6) is 0.656. The Hall–Kier alpha value is -0.220. The predicted octanol–water partition coefficient (Wildman–Crippen LogP) is 2.97. The van der Waals surface area contributed by atoms with Gasteiger partial charge in [-0.05, 0) is 38.2 Å². The van der Waals surface area contributed by atoms with E-state index in [1.54, 1.807) is 11.8 Å². The number of hydrogen-bond donors (Lipinski definition) is 1.